The second-order valence-electron chi connectivity index (χ2n) is 8.81. The van der Waals surface area contributed by atoms with E-state index in [0.717, 1.165) is 18.2 Å². The second kappa shape index (κ2) is 10.9. The Balaban J connectivity index is 1.90. The number of nitrogens with one attached hydrogen (secondary N) is 1. The van der Waals surface area contributed by atoms with Gasteiger partial charge in [-0.05, 0) is 53.6 Å². The maximum absolute atomic E-state index is 14.7. The third-order valence-electron chi connectivity index (χ3n) is 6.16. The Kier molecular flexibility index (Phi) is 7.99. The molecule has 4 aromatic rings. The van der Waals surface area contributed by atoms with Gasteiger partial charge >= 0.3 is 12.4 Å². The smallest absolute Gasteiger partial charge is 0.298 e. The molecule has 0 aliphatic heterocycles. The molecule has 1 heterocycles. The number of pyridine rings is 1. The summed E-state index contributed by atoms with van der Waals surface area (Å²) in [5.74, 6) is -2.35. The van der Waals surface area contributed by atoms with Crippen LogP contribution < -0.4 is 5.32 Å². The molecule has 1 aromatic heterocycles. The number of alkyl halides is 6. The lowest BCUT2D eigenvalue weighted by molar-refractivity contribution is -0.138. The fraction of sp³-hybridized carbons (Fsp3) is 0.179. The van der Waals surface area contributed by atoms with Gasteiger partial charge in [-0.2, -0.15) is 26.3 Å². The first kappa shape index (κ1) is 28.5. The number of hydrogen-bond acceptors (Lipinski definition) is 2. The summed E-state index contributed by atoms with van der Waals surface area (Å²) in [6, 6.07) is 15.3. The van der Waals surface area contributed by atoms with Crippen LogP contribution in [-0.2, 0) is 30.9 Å². The van der Waals surface area contributed by atoms with Gasteiger partial charge in [-0.1, -0.05) is 48.0 Å². The van der Waals surface area contributed by atoms with Gasteiger partial charge in [0.25, 0.3) is 0 Å². The summed E-state index contributed by atoms with van der Waals surface area (Å²) < 4.78 is 110. The molecular weight excluding hydrogens is 552 g/mol. The van der Waals surface area contributed by atoms with Crippen LogP contribution in [0.25, 0.3) is 0 Å². The molecule has 39 heavy (non-hydrogen) atoms. The largest absolute Gasteiger partial charge is 0.416 e. The Labute approximate surface area is 223 Å². The van der Waals surface area contributed by atoms with Crippen molar-refractivity contribution in [1.82, 2.24) is 10.3 Å². The third kappa shape index (κ3) is 6.57. The number of halogens is 9. The monoisotopic (exact) mass is 570 g/mol. The van der Waals surface area contributed by atoms with Crippen molar-refractivity contribution < 1.29 is 35.1 Å². The zero-order valence-electron chi connectivity index (χ0n) is 19.8. The minimum Gasteiger partial charge on any atom is -0.298 e. The molecule has 1 atom stereocenters. The van der Waals surface area contributed by atoms with E-state index in [-0.39, 0.29) is 28.3 Å². The molecule has 0 saturated heterocycles. The predicted molar refractivity (Wildman–Crippen MR) is 130 cm³/mol. The standard InChI is InChI=1S/C28H19ClF8N2/c29-22-8-9-25(38-16-22)26(14-17-4-2-1-3-5-17,20-10-21(28(35,36)37)12-23(30)11-20)39-15-18-6-7-19(13-24(18)31)27(32,33)34/h1-13,16,39H,14-15H2. The average Bonchev–Trinajstić information content (AvgIpc) is 2.87. The molecule has 0 amide bonds. The number of benzene rings is 3. The summed E-state index contributed by atoms with van der Waals surface area (Å²) in [6.45, 7) is -0.432. The number of nitrogens with zero attached hydrogens (tertiary/aromatic N) is 1. The zero-order chi connectivity index (χ0) is 28.4. The van der Waals surface area contributed by atoms with Gasteiger partial charge in [-0.25, -0.2) is 8.78 Å². The van der Waals surface area contributed by atoms with Gasteiger partial charge in [0.15, 0.2) is 0 Å². The molecule has 204 valence electrons. The van der Waals surface area contributed by atoms with Crippen LogP contribution >= 0.6 is 11.6 Å². The van der Waals surface area contributed by atoms with Crippen molar-refractivity contribution in [1.29, 1.82) is 0 Å². The van der Waals surface area contributed by atoms with E-state index in [2.05, 4.69) is 10.3 Å². The lowest BCUT2D eigenvalue weighted by atomic mass is 9.79. The molecule has 0 bridgehead atoms. The Hall–Kier alpha value is -3.50. The summed E-state index contributed by atoms with van der Waals surface area (Å²) >= 11 is 5.99. The fourth-order valence-electron chi connectivity index (χ4n) is 4.24. The number of aromatic nitrogens is 1. The molecule has 3 aromatic carbocycles. The molecule has 2 nitrogen and oxygen atoms in total. The SMILES string of the molecule is Fc1cc(C(F)(F)F)cc(C(Cc2ccccc2)(NCc2ccc(C(F)(F)F)cc2F)c2ccc(Cl)cn2)c1. The van der Waals surface area contributed by atoms with Crippen molar-refractivity contribution in [2.24, 2.45) is 0 Å². The molecule has 11 heteroatoms. The predicted octanol–water partition coefficient (Wildman–Crippen LogP) is 8.33. The molecule has 0 fully saturated rings. The lowest BCUT2D eigenvalue weighted by Crippen LogP contribution is -2.46. The topological polar surface area (TPSA) is 24.9 Å². The van der Waals surface area contributed by atoms with Crippen molar-refractivity contribution in [2.45, 2.75) is 30.9 Å². The Morgan fingerprint density at radius 1 is 0.718 bits per heavy atom. The molecule has 0 saturated carbocycles. The van der Waals surface area contributed by atoms with E-state index in [9.17, 15) is 35.1 Å². The van der Waals surface area contributed by atoms with Gasteiger partial charge in [0.1, 0.15) is 11.6 Å². The molecule has 0 aliphatic carbocycles. The lowest BCUT2D eigenvalue weighted by Gasteiger charge is -2.36. The van der Waals surface area contributed by atoms with E-state index >= 15 is 0 Å². The van der Waals surface area contributed by atoms with Gasteiger partial charge in [-0.3, -0.25) is 10.3 Å². The van der Waals surface area contributed by atoms with E-state index in [4.69, 9.17) is 11.6 Å². The fourth-order valence-corrected chi connectivity index (χ4v) is 4.35. The summed E-state index contributed by atoms with van der Waals surface area (Å²) in [7, 11) is 0. The summed E-state index contributed by atoms with van der Waals surface area (Å²) in [5.41, 5.74) is -3.79. The molecule has 1 N–H and O–H groups in total. The van der Waals surface area contributed by atoms with E-state index in [1.54, 1.807) is 30.3 Å². The Morgan fingerprint density at radius 2 is 1.38 bits per heavy atom. The first-order chi connectivity index (χ1) is 18.3. The molecule has 0 spiro atoms. The maximum Gasteiger partial charge on any atom is 0.416 e. The molecule has 0 radical (unpaired) electrons. The van der Waals surface area contributed by atoms with Gasteiger partial charge in [0.2, 0.25) is 0 Å². The van der Waals surface area contributed by atoms with Crippen LogP contribution in [0.5, 0.6) is 0 Å². The van der Waals surface area contributed by atoms with E-state index in [0.29, 0.717) is 23.8 Å². The van der Waals surface area contributed by atoms with Gasteiger partial charge in [0, 0.05) is 24.7 Å². The average molecular weight is 571 g/mol. The molecule has 1 unspecified atom stereocenters. The van der Waals surface area contributed by atoms with Crippen LogP contribution in [0, 0.1) is 11.6 Å². The Bertz CT molecular complexity index is 1440. The van der Waals surface area contributed by atoms with Gasteiger partial charge in [0.05, 0.1) is 27.4 Å². The highest BCUT2D eigenvalue weighted by atomic mass is 35.5. The molecular formula is C28H19ClF8N2. The first-order valence-corrected chi connectivity index (χ1v) is 11.8. The van der Waals surface area contributed by atoms with E-state index in [1.165, 1.54) is 18.3 Å². The zero-order valence-corrected chi connectivity index (χ0v) is 20.6. The highest BCUT2D eigenvalue weighted by Crippen LogP contribution is 2.38. The molecule has 0 aliphatic rings. The third-order valence-corrected chi connectivity index (χ3v) is 6.38. The summed E-state index contributed by atoms with van der Waals surface area (Å²) in [4.78, 5) is 4.29. The minimum absolute atomic E-state index is 0.0779. The molecule has 4 rings (SSSR count). The summed E-state index contributed by atoms with van der Waals surface area (Å²) in [6.07, 6.45) is -8.48. The second-order valence-corrected chi connectivity index (χ2v) is 9.25. The Morgan fingerprint density at radius 3 is 1.97 bits per heavy atom. The normalized spacial score (nSPS) is 13.8. The number of rotatable bonds is 7. The van der Waals surface area contributed by atoms with Crippen molar-refractivity contribution in [3.63, 3.8) is 0 Å². The van der Waals surface area contributed by atoms with Crippen LogP contribution in [0.1, 0.15) is 33.5 Å². The van der Waals surface area contributed by atoms with Crippen molar-refractivity contribution >= 4 is 11.6 Å². The van der Waals surface area contributed by atoms with Crippen molar-refractivity contribution in [3.05, 3.63) is 135 Å². The highest BCUT2D eigenvalue weighted by molar-refractivity contribution is 6.30. The van der Waals surface area contributed by atoms with E-state index < -0.39 is 47.2 Å². The van der Waals surface area contributed by atoms with Crippen molar-refractivity contribution in [2.75, 3.05) is 0 Å². The van der Waals surface area contributed by atoms with Crippen LogP contribution in [0.15, 0.2) is 85.1 Å². The maximum atomic E-state index is 14.7. The number of hydrogen-bond donors (Lipinski definition) is 1. The highest BCUT2D eigenvalue weighted by Gasteiger charge is 2.40. The van der Waals surface area contributed by atoms with Gasteiger partial charge < -0.3 is 0 Å². The van der Waals surface area contributed by atoms with Crippen LogP contribution in [-0.4, -0.2) is 4.98 Å². The summed E-state index contributed by atoms with van der Waals surface area (Å²) in [5, 5.41) is 3.21. The van der Waals surface area contributed by atoms with Crippen molar-refractivity contribution in [3.8, 4) is 0 Å². The van der Waals surface area contributed by atoms with Crippen LogP contribution in [0.4, 0.5) is 35.1 Å². The quantitative estimate of drug-likeness (QED) is 0.226. The van der Waals surface area contributed by atoms with Crippen LogP contribution in [0.3, 0.4) is 0 Å². The van der Waals surface area contributed by atoms with Crippen LogP contribution in [0.2, 0.25) is 5.02 Å². The van der Waals surface area contributed by atoms with Gasteiger partial charge in [-0.15, -0.1) is 0 Å². The van der Waals surface area contributed by atoms with E-state index in [1.807, 2.05) is 0 Å². The first-order valence-electron chi connectivity index (χ1n) is 11.4. The minimum atomic E-state index is -4.89.